The lowest BCUT2D eigenvalue weighted by Gasteiger charge is -2.45. The molecule has 0 bridgehead atoms. The van der Waals surface area contributed by atoms with Gasteiger partial charge < -0.3 is 47.4 Å². The van der Waals surface area contributed by atoms with Crippen LogP contribution in [0.1, 0.15) is 58.8 Å². The van der Waals surface area contributed by atoms with Crippen LogP contribution < -0.4 is 0 Å². The van der Waals surface area contributed by atoms with Crippen molar-refractivity contribution in [3.05, 3.63) is 108 Å². The van der Waals surface area contributed by atoms with E-state index in [0.29, 0.717) is 0 Å². The molecule has 7 rings (SSSR count). The van der Waals surface area contributed by atoms with Crippen LogP contribution in [0.3, 0.4) is 0 Å². The molecular formula is C40H41F3O16S2. The van der Waals surface area contributed by atoms with E-state index >= 15 is 0 Å². The van der Waals surface area contributed by atoms with Crippen LogP contribution in [0.4, 0.5) is 13.2 Å². The molecular weight excluding hydrogens is 858 g/mol. The maximum atomic E-state index is 13.8. The molecule has 3 aromatic carbocycles. The fourth-order valence-electron chi connectivity index (χ4n) is 7.06. The van der Waals surface area contributed by atoms with E-state index in [1.54, 1.807) is 70.2 Å². The molecule has 4 heterocycles. The first kappa shape index (κ1) is 44.9. The minimum Gasteiger partial charge on any atom is -0.452 e. The normalized spacial score (nSPS) is 30.4. The zero-order chi connectivity index (χ0) is 43.7. The van der Waals surface area contributed by atoms with Gasteiger partial charge in [-0.3, -0.25) is 0 Å². The summed E-state index contributed by atoms with van der Waals surface area (Å²) in [5.41, 5.74) is -5.74. The van der Waals surface area contributed by atoms with Gasteiger partial charge in [0.25, 0.3) is 0 Å². The van der Waals surface area contributed by atoms with Crippen molar-refractivity contribution in [3.8, 4) is 0 Å². The monoisotopic (exact) mass is 898 g/mol. The third kappa shape index (κ3) is 10.4. The Morgan fingerprint density at radius 2 is 1.08 bits per heavy atom. The predicted molar refractivity (Wildman–Crippen MR) is 203 cm³/mol. The first-order chi connectivity index (χ1) is 28.8. The summed E-state index contributed by atoms with van der Waals surface area (Å²) < 4.78 is 129. The van der Waals surface area contributed by atoms with E-state index in [2.05, 4.69) is 3.63 Å². The molecule has 0 unspecified atom stereocenters. The Labute approximate surface area is 352 Å². The number of rotatable bonds is 13. The fraction of sp³-hybridized carbons (Fsp3) is 0.475. The summed E-state index contributed by atoms with van der Waals surface area (Å²) in [6.45, 7) is 6.34. The smallest absolute Gasteiger partial charge is 0.452 e. The quantitative estimate of drug-likeness (QED) is 0.0928. The van der Waals surface area contributed by atoms with Crippen molar-refractivity contribution in [1.29, 1.82) is 0 Å². The number of carbonyl (C=O) groups excluding carboxylic acids is 3. The standard InChI is InChI=1S/C40H41F3O16S2/c1-38(2)55-28-25(50-37-32(30(28)56-38)57-39(3,4)58-37)20-49-36-31(54-35(46)24-18-12-7-13-19-24)29(53-34(45)23-16-10-6-11-17-23)27(52-33(44)22-14-8-5-9-15-22)26(51-36)21-60-59-61(47,48)40(41,42)43/h5-19,25-32,36-37H,20-21H2,1-4H3/t25-,26-,27-,28+,29+,30+,31-,32-,36-,37-/m1/s1. The van der Waals surface area contributed by atoms with Gasteiger partial charge in [0.1, 0.15) is 30.5 Å². The first-order valence-corrected chi connectivity index (χ1v) is 21.2. The van der Waals surface area contributed by atoms with Crippen LogP contribution in [0, 0.1) is 0 Å². The minimum absolute atomic E-state index is 0.000516. The highest BCUT2D eigenvalue weighted by molar-refractivity contribution is 8.04. The Balaban J connectivity index is 1.26. The molecule has 10 atom stereocenters. The largest absolute Gasteiger partial charge is 0.524 e. The van der Waals surface area contributed by atoms with Crippen molar-refractivity contribution in [2.45, 2.75) is 106 Å². The fourth-order valence-corrected chi connectivity index (χ4v) is 8.50. The van der Waals surface area contributed by atoms with Crippen LogP contribution in [0.15, 0.2) is 91.0 Å². The number of alkyl halides is 3. The van der Waals surface area contributed by atoms with Gasteiger partial charge in [0.15, 0.2) is 42.5 Å². The lowest BCUT2D eigenvalue weighted by atomic mass is 9.97. The third-order valence-electron chi connectivity index (χ3n) is 9.68. The summed E-state index contributed by atoms with van der Waals surface area (Å²) in [6.07, 6.45) is -13.1. The van der Waals surface area contributed by atoms with Gasteiger partial charge in [0, 0.05) is 12.0 Å². The van der Waals surface area contributed by atoms with Crippen molar-refractivity contribution in [3.63, 3.8) is 0 Å². The Bertz CT molecular complexity index is 2130. The van der Waals surface area contributed by atoms with E-state index in [1.165, 1.54) is 48.5 Å². The maximum Gasteiger partial charge on any atom is 0.524 e. The van der Waals surface area contributed by atoms with E-state index < -0.39 is 119 Å². The van der Waals surface area contributed by atoms with E-state index in [1.807, 2.05) is 0 Å². The molecule has 0 amide bonds. The molecule has 0 N–H and O–H groups in total. The highest BCUT2D eigenvalue weighted by Crippen LogP contribution is 2.45. The van der Waals surface area contributed by atoms with E-state index in [-0.39, 0.29) is 28.7 Å². The second-order valence-corrected chi connectivity index (χ2v) is 17.5. The molecule has 0 radical (unpaired) electrons. The van der Waals surface area contributed by atoms with Crippen LogP contribution in [-0.4, -0.2) is 117 Å². The summed E-state index contributed by atoms with van der Waals surface area (Å²) in [5.74, 6) is -5.96. The molecule has 16 nitrogen and oxygen atoms in total. The summed E-state index contributed by atoms with van der Waals surface area (Å²) >= 11 is -0.199. The van der Waals surface area contributed by atoms with Crippen molar-refractivity contribution in [2.24, 2.45) is 0 Å². The molecule has 4 aliphatic heterocycles. The molecule has 3 aromatic rings. The molecule has 0 aliphatic carbocycles. The first-order valence-electron chi connectivity index (χ1n) is 18.8. The molecule has 330 valence electrons. The Morgan fingerprint density at radius 3 is 1.61 bits per heavy atom. The molecule has 0 saturated carbocycles. The summed E-state index contributed by atoms with van der Waals surface area (Å²) in [5, 5.41) is 0. The van der Waals surface area contributed by atoms with Crippen LogP contribution in [0.2, 0.25) is 0 Å². The predicted octanol–water partition coefficient (Wildman–Crippen LogP) is 5.32. The lowest BCUT2D eigenvalue weighted by molar-refractivity contribution is -0.307. The number of hydrogen-bond donors (Lipinski definition) is 0. The topological polar surface area (TPSA) is 187 Å². The SMILES string of the molecule is CC1(C)O[C@H]2[C@@H](O1)[C@@H](CO[C@@H]1O[C@H](CSOS(=O)(=O)C(F)(F)F)[C@@H](OC(=O)c3ccccc3)[C@H](OC(=O)c3ccccc3)[C@H]1OC(=O)c1ccccc1)O[C@@H]1OC(C)(C)O[C@@H]12. The zero-order valence-electron chi connectivity index (χ0n) is 32.8. The van der Waals surface area contributed by atoms with Gasteiger partial charge in [-0.15, -0.1) is 0 Å². The van der Waals surface area contributed by atoms with Gasteiger partial charge in [0.2, 0.25) is 0 Å². The highest BCUT2D eigenvalue weighted by atomic mass is 32.3. The van der Waals surface area contributed by atoms with Crippen LogP contribution >= 0.6 is 12.0 Å². The molecule has 61 heavy (non-hydrogen) atoms. The number of esters is 3. The van der Waals surface area contributed by atoms with Crippen molar-refractivity contribution in [2.75, 3.05) is 12.4 Å². The highest BCUT2D eigenvalue weighted by Gasteiger charge is 2.61. The van der Waals surface area contributed by atoms with Crippen molar-refractivity contribution in [1.82, 2.24) is 0 Å². The van der Waals surface area contributed by atoms with Crippen molar-refractivity contribution >= 4 is 40.1 Å². The van der Waals surface area contributed by atoms with Gasteiger partial charge in [-0.1, -0.05) is 54.6 Å². The average Bonchev–Trinajstić information content (AvgIpc) is 3.72. The van der Waals surface area contributed by atoms with Crippen molar-refractivity contribution < 1.29 is 87.0 Å². The summed E-state index contributed by atoms with van der Waals surface area (Å²) in [4.78, 5) is 41.3. The van der Waals surface area contributed by atoms with Crippen LogP contribution in [0.25, 0.3) is 0 Å². The van der Waals surface area contributed by atoms with Gasteiger partial charge in [0.05, 0.1) is 29.1 Å². The Morgan fingerprint density at radius 1 is 0.623 bits per heavy atom. The Kier molecular flexibility index (Phi) is 13.2. The number of carbonyl (C=O) groups is 3. The van der Waals surface area contributed by atoms with Gasteiger partial charge in [-0.25, -0.2) is 14.4 Å². The van der Waals surface area contributed by atoms with Crippen LogP contribution in [0.5, 0.6) is 0 Å². The molecule has 0 spiro atoms. The third-order valence-corrected chi connectivity index (χ3v) is 11.8. The molecule has 0 aromatic heterocycles. The van der Waals surface area contributed by atoms with E-state index in [9.17, 15) is 36.0 Å². The Hall–Kier alpha value is -4.16. The average molecular weight is 899 g/mol. The van der Waals surface area contributed by atoms with Gasteiger partial charge in [-0.2, -0.15) is 25.2 Å². The lowest BCUT2D eigenvalue weighted by Crippen LogP contribution is -2.63. The van der Waals surface area contributed by atoms with Gasteiger partial charge in [-0.05, 0) is 64.1 Å². The number of hydrogen-bond acceptors (Lipinski definition) is 17. The number of fused-ring (bicyclic) bond motifs is 3. The number of ether oxygens (including phenoxy) is 10. The second kappa shape index (κ2) is 17.9. The van der Waals surface area contributed by atoms with E-state index in [4.69, 9.17) is 47.4 Å². The summed E-state index contributed by atoms with van der Waals surface area (Å²) in [7, 11) is -6.13. The molecule has 21 heteroatoms. The number of benzene rings is 3. The van der Waals surface area contributed by atoms with Gasteiger partial charge >= 0.3 is 33.5 Å². The zero-order valence-corrected chi connectivity index (χ0v) is 34.5. The summed E-state index contributed by atoms with van der Waals surface area (Å²) in [6, 6.07) is 22.7. The van der Waals surface area contributed by atoms with Crippen LogP contribution in [-0.2, 0) is 61.1 Å². The minimum atomic E-state index is -6.13. The molecule has 4 aliphatic rings. The number of halogens is 3. The maximum absolute atomic E-state index is 13.8. The molecule has 4 fully saturated rings. The molecule has 4 saturated heterocycles. The van der Waals surface area contributed by atoms with E-state index in [0.717, 1.165) is 0 Å². The second-order valence-electron chi connectivity index (χ2n) is 15.0.